The summed E-state index contributed by atoms with van der Waals surface area (Å²) in [5.41, 5.74) is 9.12. The van der Waals surface area contributed by atoms with Crippen LogP contribution in [-0.2, 0) is 9.84 Å². The molecule has 1 aliphatic heterocycles. The average Bonchev–Trinajstić information content (AvgIpc) is 3.32. The normalized spacial score (nSPS) is 21.4. The van der Waals surface area contributed by atoms with E-state index in [1.54, 1.807) is 10.7 Å². The van der Waals surface area contributed by atoms with Gasteiger partial charge in [0.25, 0.3) is 0 Å². The molecule has 2 aromatic carbocycles. The van der Waals surface area contributed by atoms with Crippen molar-refractivity contribution in [1.82, 2.24) is 9.78 Å². The van der Waals surface area contributed by atoms with Crippen LogP contribution in [-0.4, -0.2) is 55.4 Å². The van der Waals surface area contributed by atoms with Gasteiger partial charge < -0.3 is 16.0 Å². The minimum atomic E-state index is -2.99. The second kappa shape index (κ2) is 10.5. The Morgan fingerprint density at radius 1 is 1.11 bits per heavy atom. The lowest BCUT2D eigenvalue weighted by Gasteiger charge is -2.29. The van der Waals surface area contributed by atoms with Gasteiger partial charge in [-0.2, -0.15) is 5.26 Å². The highest BCUT2D eigenvalue weighted by Gasteiger charge is 2.23. The topological polar surface area (TPSA) is 117 Å². The number of aromatic nitrogens is 2. The zero-order valence-corrected chi connectivity index (χ0v) is 21.4. The predicted molar refractivity (Wildman–Crippen MR) is 143 cm³/mol. The van der Waals surface area contributed by atoms with E-state index in [1.807, 2.05) is 36.4 Å². The molecule has 0 spiro atoms. The van der Waals surface area contributed by atoms with Crippen molar-refractivity contribution >= 4 is 21.3 Å². The lowest BCUT2D eigenvalue weighted by molar-refractivity contribution is 0.335. The highest BCUT2D eigenvalue weighted by molar-refractivity contribution is 7.91. The molecule has 10 heteroatoms. The summed E-state index contributed by atoms with van der Waals surface area (Å²) in [7, 11) is -2.99. The summed E-state index contributed by atoms with van der Waals surface area (Å²) >= 11 is 0. The minimum Gasteiger partial charge on any atom is -0.369 e. The number of nitrogens with zero attached hydrogens (tertiary/aromatic N) is 4. The van der Waals surface area contributed by atoms with E-state index < -0.39 is 15.7 Å². The second-order valence-corrected chi connectivity index (χ2v) is 12.3. The highest BCUT2D eigenvalue weighted by atomic mass is 32.2. The van der Waals surface area contributed by atoms with E-state index in [0.29, 0.717) is 36.1 Å². The first-order valence-corrected chi connectivity index (χ1v) is 14.5. The Balaban J connectivity index is 1.47. The summed E-state index contributed by atoms with van der Waals surface area (Å²) in [6.07, 6.45) is 4.30. The van der Waals surface area contributed by atoms with Crippen molar-refractivity contribution in [2.45, 2.75) is 31.7 Å². The van der Waals surface area contributed by atoms with Gasteiger partial charge in [-0.3, -0.25) is 0 Å². The van der Waals surface area contributed by atoms with E-state index in [0.717, 1.165) is 43.6 Å². The van der Waals surface area contributed by atoms with E-state index in [2.05, 4.69) is 10.2 Å². The van der Waals surface area contributed by atoms with E-state index >= 15 is 0 Å². The standard InChI is InChI=1S/C27H31FN6O2S/c28-25-14-20(7-8-21(25)17-29)26-16-27(31-18-19-3-1-4-22(30)13-19)32-34(26)24-6-2-5-23(15-24)33-9-11-37(35,36)12-10-33/h2,5-8,14-16,19,22H,1,3-4,9-13,18,30H2,(H,31,32)/t19?,22-/m0/s1. The lowest BCUT2D eigenvalue weighted by atomic mass is 9.86. The monoisotopic (exact) mass is 522 g/mol. The van der Waals surface area contributed by atoms with Crippen molar-refractivity contribution in [1.29, 1.82) is 5.26 Å². The zero-order valence-electron chi connectivity index (χ0n) is 20.6. The fourth-order valence-electron chi connectivity index (χ4n) is 5.19. The first-order valence-electron chi connectivity index (χ1n) is 12.7. The summed E-state index contributed by atoms with van der Waals surface area (Å²) in [6.45, 7) is 1.64. The molecular formula is C27H31FN6O2S. The van der Waals surface area contributed by atoms with Gasteiger partial charge in [-0.1, -0.05) is 18.6 Å². The summed E-state index contributed by atoms with van der Waals surface area (Å²) in [5, 5.41) is 17.4. The molecule has 2 fully saturated rings. The average molecular weight is 523 g/mol. The molecule has 0 amide bonds. The molecule has 37 heavy (non-hydrogen) atoms. The molecule has 5 rings (SSSR count). The summed E-state index contributed by atoms with van der Waals surface area (Å²) in [6, 6.07) is 16.3. The van der Waals surface area contributed by atoms with Gasteiger partial charge in [-0.15, -0.1) is 5.10 Å². The van der Waals surface area contributed by atoms with Gasteiger partial charge in [0.1, 0.15) is 17.7 Å². The number of sulfone groups is 1. The Labute approximate surface area is 216 Å². The minimum absolute atomic E-state index is 0.0103. The van der Waals surface area contributed by atoms with E-state index in [4.69, 9.17) is 16.1 Å². The summed E-state index contributed by atoms with van der Waals surface area (Å²) in [4.78, 5) is 2.06. The first kappa shape index (κ1) is 25.2. The Bertz CT molecular complexity index is 1420. The van der Waals surface area contributed by atoms with Crippen LogP contribution in [0.15, 0.2) is 48.5 Å². The van der Waals surface area contributed by atoms with Crippen LogP contribution < -0.4 is 16.0 Å². The SMILES string of the molecule is N#Cc1ccc(-c2cc(NCC3CCC[C@H](N)C3)nn2-c2cccc(N3CCS(=O)(=O)CC3)c2)cc1F. The number of hydrogen-bond acceptors (Lipinski definition) is 7. The highest BCUT2D eigenvalue weighted by Crippen LogP contribution is 2.30. The summed E-state index contributed by atoms with van der Waals surface area (Å²) < 4.78 is 40.1. The molecule has 2 atom stereocenters. The Morgan fingerprint density at radius 2 is 1.89 bits per heavy atom. The number of anilines is 2. The van der Waals surface area contributed by atoms with Gasteiger partial charge in [0.05, 0.1) is 28.5 Å². The molecule has 1 unspecified atom stereocenters. The third kappa shape index (κ3) is 5.78. The maximum absolute atomic E-state index is 14.5. The van der Waals surface area contributed by atoms with Crippen LogP contribution in [0, 0.1) is 23.1 Å². The van der Waals surface area contributed by atoms with Gasteiger partial charge in [0.15, 0.2) is 9.84 Å². The van der Waals surface area contributed by atoms with Crippen molar-refractivity contribution in [3.05, 3.63) is 59.9 Å². The lowest BCUT2D eigenvalue weighted by Crippen LogP contribution is -2.40. The molecule has 1 saturated heterocycles. The van der Waals surface area contributed by atoms with Gasteiger partial charge in [-0.05, 0) is 55.5 Å². The second-order valence-electron chi connectivity index (χ2n) is 9.97. The van der Waals surface area contributed by atoms with E-state index in [1.165, 1.54) is 12.1 Å². The first-order chi connectivity index (χ1) is 17.8. The number of hydrogen-bond donors (Lipinski definition) is 2. The molecule has 194 valence electrons. The van der Waals surface area contributed by atoms with Crippen molar-refractivity contribution in [2.75, 3.05) is 41.4 Å². The number of rotatable bonds is 6. The number of nitriles is 1. The molecule has 3 aromatic rings. The number of halogens is 1. The Kier molecular flexibility index (Phi) is 7.17. The molecule has 8 nitrogen and oxygen atoms in total. The van der Waals surface area contributed by atoms with E-state index in [-0.39, 0.29) is 23.1 Å². The smallest absolute Gasteiger partial charge is 0.153 e. The van der Waals surface area contributed by atoms with Gasteiger partial charge in [0, 0.05) is 43.0 Å². The Hall–Kier alpha value is -3.42. The largest absolute Gasteiger partial charge is 0.369 e. The molecule has 3 N–H and O–H groups in total. The van der Waals surface area contributed by atoms with Crippen LogP contribution in [0.4, 0.5) is 15.9 Å². The van der Waals surface area contributed by atoms with Crippen LogP contribution in [0.5, 0.6) is 0 Å². The fourth-order valence-corrected chi connectivity index (χ4v) is 6.40. The third-order valence-corrected chi connectivity index (χ3v) is 8.88. The third-order valence-electron chi connectivity index (χ3n) is 7.27. The van der Waals surface area contributed by atoms with Crippen molar-refractivity contribution < 1.29 is 12.8 Å². The molecular weight excluding hydrogens is 491 g/mol. The maximum Gasteiger partial charge on any atom is 0.153 e. The zero-order chi connectivity index (χ0) is 26.0. The quantitative estimate of drug-likeness (QED) is 0.507. The number of benzene rings is 2. The van der Waals surface area contributed by atoms with E-state index in [9.17, 15) is 12.8 Å². The fraction of sp³-hybridized carbons (Fsp3) is 0.407. The molecule has 1 aromatic heterocycles. The van der Waals surface area contributed by atoms with Crippen LogP contribution in [0.1, 0.15) is 31.2 Å². The van der Waals surface area contributed by atoms with Gasteiger partial charge in [-0.25, -0.2) is 17.5 Å². The maximum atomic E-state index is 14.5. The van der Waals surface area contributed by atoms with Crippen molar-refractivity contribution in [3.63, 3.8) is 0 Å². The Morgan fingerprint density at radius 3 is 2.62 bits per heavy atom. The van der Waals surface area contributed by atoms with Crippen molar-refractivity contribution in [3.8, 4) is 23.0 Å². The molecule has 2 heterocycles. The van der Waals surface area contributed by atoms with Crippen LogP contribution in [0.2, 0.25) is 0 Å². The van der Waals surface area contributed by atoms with Crippen molar-refractivity contribution in [2.24, 2.45) is 11.7 Å². The summed E-state index contributed by atoms with van der Waals surface area (Å²) in [5.74, 6) is 0.833. The molecule has 0 bridgehead atoms. The van der Waals surface area contributed by atoms with Crippen LogP contribution in [0.3, 0.4) is 0 Å². The number of nitrogens with one attached hydrogen (secondary N) is 1. The van der Waals surface area contributed by atoms with Gasteiger partial charge in [0.2, 0.25) is 0 Å². The number of nitrogens with two attached hydrogens (primary N) is 1. The predicted octanol–water partition coefficient (Wildman–Crippen LogP) is 3.71. The van der Waals surface area contributed by atoms with Crippen LogP contribution in [0.25, 0.3) is 16.9 Å². The molecule has 2 aliphatic rings. The molecule has 0 radical (unpaired) electrons. The molecule has 1 saturated carbocycles. The van der Waals surface area contributed by atoms with Gasteiger partial charge >= 0.3 is 0 Å². The van der Waals surface area contributed by atoms with Crippen LogP contribution >= 0.6 is 0 Å². The molecule has 1 aliphatic carbocycles.